The van der Waals surface area contributed by atoms with Crippen molar-refractivity contribution < 1.29 is 14.7 Å². The van der Waals surface area contributed by atoms with Gasteiger partial charge in [0.25, 0.3) is 0 Å². The smallest absolute Gasteiger partial charge is 0.310 e. The fourth-order valence-electron chi connectivity index (χ4n) is 3.45. The molecule has 1 aliphatic heterocycles. The van der Waals surface area contributed by atoms with Gasteiger partial charge in [0.1, 0.15) is 0 Å². The van der Waals surface area contributed by atoms with Crippen LogP contribution in [0.1, 0.15) is 57.8 Å². The molecular formula is C16H27NO3S. The summed E-state index contributed by atoms with van der Waals surface area (Å²) in [6.07, 6.45) is 7.82. The maximum absolute atomic E-state index is 12.2. The lowest BCUT2D eigenvalue weighted by Gasteiger charge is -2.28. The molecule has 2 N–H and O–H groups in total. The highest BCUT2D eigenvalue weighted by atomic mass is 32.2. The highest BCUT2D eigenvalue weighted by Gasteiger charge is 2.40. The van der Waals surface area contributed by atoms with Crippen LogP contribution in [-0.4, -0.2) is 35.0 Å². The minimum absolute atomic E-state index is 0.0717. The second-order valence-electron chi connectivity index (χ2n) is 6.54. The Hall–Kier alpha value is -0.710. The summed E-state index contributed by atoms with van der Waals surface area (Å²) in [4.78, 5) is 23.9. The van der Waals surface area contributed by atoms with Crippen LogP contribution in [0.2, 0.25) is 0 Å². The first-order valence-electron chi connectivity index (χ1n) is 8.20. The van der Waals surface area contributed by atoms with Crippen LogP contribution in [0.5, 0.6) is 0 Å². The average molecular weight is 313 g/mol. The van der Waals surface area contributed by atoms with E-state index in [1.807, 2.05) is 11.8 Å². The first kappa shape index (κ1) is 16.7. The second kappa shape index (κ2) is 8.06. The molecule has 5 heteroatoms. The topological polar surface area (TPSA) is 66.4 Å². The molecule has 0 radical (unpaired) electrons. The van der Waals surface area contributed by atoms with E-state index >= 15 is 0 Å². The number of hydrogen-bond donors (Lipinski definition) is 2. The van der Waals surface area contributed by atoms with Crippen molar-refractivity contribution in [1.82, 2.24) is 5.32 Å². The monoisotopic (exact) mass is 313 g/mol. The third kappa shape index (κ3) is 4.90. The van der Waals surface area contributed by atoms with Crippen molar-refractivity contribution >= 4 is 23.6 Å². The van der Waals surface area contributed by atoms with Crippen LogP contribution in [0.4, 0.5) is 0 Å². The zero-order valence-electron chi connectivity index (χ0n) is 12.7. The molecule has 0 bridgehead atoms. The van der Waals surface area contributed by atoms with Gasteiger partial charge in [0.15, 0.2) is 0 Å². The standard InChI is InChI=1S/C16H27NO3S/c18-14(17-12-13-5-9-21-10-6-13)11-16(15(19)20)7-3-1-2-4-8-16/h13H,1-12H2,(H,17,18)(H,19,20). The van der Waals surface area contributed by atoms with E-state index in [-0.39, 0.29) is 12.3 Å². The molecular weight excluding hydrogens is 286 g/mol. The maximum atomic E-state index is 12.2. The number of hydrogen-bond acceptors (Lipinski definition) is 3. The summed E-state index contributed by atoms with van der Waals surface area (Å²) in [6.45, 7) is 0.717. The minimum atomic E-state index is -0.816. The molecule has 1 saturated heterocycles. The van der Waals surface area contributed by atoms with Gasteiger partial charge in [0.2, 0.25) is 5.91 Å². The molecule has 120 valence electrons. The molecule has 0 aromatic rings. The normalized spacial score (nSPS) is 23.2. The average Bonchev–Trinajstić information content (AvgIpc) is 2.73. The molecule has 0 aromatic heterocycles. The highest BCUT2D eigenvalue weighted by Crippen LogP contribution is 2.38. The van der Waals surface area contributed by atoms with Gasteiger partial charge in [-0.3, -0.25) is 9.59 Å². The minimum Gasteiger partial charge on any atom is -0.481 e. The Kier molecular flexibility index (Phi) is 6.40. The third-order valence-corrected chi connectivity index (χ3v) is 5.99. The van der Waals surface area contributed by atoms with Gasteiger partial charge in [-0.2, -0.15) is 11.8 Å². The fourth-order valence-corrected chi connectivity index (χ4v) is 4.65. The number of carboxylic acids is 1. The molecule has 2 aliphatic rings. The van der Waals surface area contributed by atoms with Crippen molar-refractivity contribution in [3.05, 3.63) is 0 Å². The Labute approximate surface area is 131 Å². The molecule has 1 aliphatic carbocycles. The Balaban J connectivity index is 1.84. The van der Waals surface area contributed by atoms with Gasteiger partial charge in [0, 0.05) is 13.0 Å². The number of thioether (sulfide) groups is 1. The molecule has 2 rings (SSSR count). The molecule has 2 fully saturated rings. The number of amides is 1. The summed E-state index contributed by atoms with van der Waals surface area (Å²) in [5.41, 5.74) is -0.816. The number of nitrogens with one attached hydrogen (secondary N) is 1. The fraction of sp³-hybridized carbons (Fsp3) is 0.875. The largest absolute Gasteiger partial charge is 0.481 e. The van der Waals surface area contributed by atoms with Crippen LogP contribution >= 0.6 is 11.8 Å². The molecule has 0 aromatic carbocycles. The quantitative estimate of drug-likeness (QED) is 0.766. The zero-order chi connectivity index (χ0) is 15.1. The van der Waals surface area contributed by atoms with Gasteiger partial charge in [-0.05, 0) is 43.1 Å². The van der Waals surface area contributed by atoms with E-state index in [0.717, 1.165) is 45.1 Å². The first-order chi connectivity index (χ1) is 10.1. The summed E-state index contributed by atoms with van der Waals surface area (Å²) in [5, 5.41) is 12.6. The van der Waals surface area contributed by atoms with Gasteiger partial charge >= 0.3 is 5.97 Å². The molecule has 1 saturated carbocycles. The van der Waals surface area contributed by atoms with E-state index in [4.69, 9.17) is 0 Å². The molecule has 1 heterocycles. The summed E-state index contributed by atoms with van der Waals surface area (Å²) in [5.74, 6) is 2.08. The van der Waals surface area contributed by atoms with Crippen molar-refractivity contribution in [1.29, 1.82) is 0 Å². The molecule has 0 atom stereocenters. The predicted octanol–water partition coefficient (Wildman–Crippen LogP) is 3.06. The summed E-state index contributed by atoms with van der Waals surface area (Å²) < 4.78 is 0. The van der Waals surface area contributed by atoms with E-state index in [1.165, 1.54) is 11.5 Å². The molecule has 0 unspecified atom stereocenters. The van der Waals surface area contributed by atoms with Crippen LogP contribution in [0, 0.1) is 11.3 Å². The second-order valence-corrected chi connectivity index (χ2v) is 7.76. The van der Waals surface area contributed by atoms with E-state index < -0.39 is 11.4 Å². The van der Waals surface area contributed by atoms with Crippen LogP contribution in [-0.2, 0) is 9.59 Å². The summed E-state index contributed by atoms with van der Waals surface area (Å²) in [6, 6.07) is 0. The first-order valence-corrected chi connectivity index (χ1v) is 9.36. The van der Waals surface area contributed by atoms with Crippen LogP contribution < -0.4 is 5.32 Å². The van der Waals surface area contributed by atoms with E-state index in [2.05, 4.69) is 5.32 Å². The SMILES string of the molecule is O=C(CC1(C(=O)O)CCCCCC1)NCC1CCSCC1. The molecule has 21 heavy (non-hydrogen) atoms. The number of rotatable bonds is 5. The lowest BCUT2D eigenvalue weighted by atomic mass is 9.77. The van der Waals surface area contributed by atoms with Gasteiger partial charge in [-0.15, -0.1) is 0 Å². The molecule has 1 amide bonds. The summed E-state index contributed by atoms with van der Waals surface area (Å²) in [7, 11) is 0. The van der Waals surface area contributed by atoms with E-state index in [0.29, 0.717) is 18.8 Å². The Bertz CT molecular complexity index is 359. The number of aliphatic carboxylic acids is 1. The van der Waals surface area contributed by atoms with E-state index in [9.17, 15) is 14.7 Å². The maximum Gasteiger partial charge on any atom is 0.310 e. The van der Waals surface area contributed by atoms with Crippen molar-refractivity contribution in [3.63, 3.8) is 0 Å². The lowest BCUT2D eigenvalue weighted by Crippen LogP contribution is -2.39. The van der Waals surface area contributed by atoms with Gasteiger partial charge < -0.3 is 10.4 Å². The summed E-state index contributed by atoms with van der Waals surface area (Å²) >= 11 is 1.98. The molecule has 0 spiro atoms. The van der Waals surface area contributed by atoms with Crippen molar-refractivity contribution in [2.24, 2.45) is 11.3 Å². The Morgan fingerprint density at radius 2 is 1.71 bits per heavy atom. The van der Waals surface area contributed by atoms with Crippen LogP contribution in [0.15, 0.2) is 0 Å². The van der Waals surface area contributed by atoms with Crippen LogP contribution in [0.25, 0.3) is 0 Å². The predicted molar refractivity (Wildman–Crippen MR) is 85.4 cm³/mol. The van der Waals surface area contributed by atoms with Crippen LogP contribution in [0.3, 0.4) is 0 Å². The Morgan fingerprint density at radius 1 is 1.10 bits per heavy atom. The zero-order valence-corrected chi connectivity index (χ0v) is 13.6. The van der Waals surface area contributed by atoms with E-state index in [1.54, 1.807) is 0 Å². The number of carbonyl (C=O) groups is 2. The number of carbonyl (C=O) groups excluding carboxylic acids is 1. The Morgan fingerprint density at radius 3 is 2.29 bits per heavy atom. The van der Waals surface area contributed by atoms with Gasteiger partial charge in [-0.1, -0.05) is 25.7 Å². The van der Waals surface area contributed by atoms with Gasteiger partial charge in [-0.25, -0.2) is 0 Å². The molecule has 4 nitrogen and oxygen atoms in total. The number of carboxylic acid groups (broad SMARTS) is 1. The van der Waals surface area contributed by atoms with Crippen molar-refractivity contribution in [3.8, 4) is 0 Å². The van der Waals surface area contributed by atoms with Crippen molar-refractivity contribution in [2.45, 2.75) is 57.8 Å². The highest BCUT2D eigenvalue weighted by molar-refractivity contribution is 7.99. The third-order valence-electron chi connectivity index (χ3n) is 4.94. The van der Waals surface area contributed by atoms with Crippen molar-refractivity contribution in [2.75, 3.05) is 18.1 Å². The lowest BCUT2D eigenvalue weighted by molar-refractivity contribution is -0.152. The van der Waals surface area contributed by atoms with Gasteiger partial charge in [0.05, 0.1) is 5.41 Å².